The quantitative estimate of drug-likeness (QED) is 0.634. The number of carboxylic acids is 1. The second-order valence-electron chi connectivity index (χ2n) is 3.19. The number of hydrogen-bond donors (Lipinski definition) is 3. The molecule has 7 nitrogen and oxygen atoms in total. The smallest absolute Gasteiger partial charge is 0.352 e. The Morgan fingerprint density at radius 2 is 2.31 bits per heavy atom. The number of carbonyl (C=O) groups is 1. The topological polar surface area (TPSA) is 108 Å². The van der Waals surface area contributed by atoms with Crippen LogP contribution in [0.2, 0.25) is 0 Å². The van der Waals surface area contributed by atoms with Gasteiger partial charge in [-0.2, -0.15) is 9.61 Å². The molecule has 0 atom stereocenters. The number of fused-ring (bicyclic) bond motifs is 1. The van der Waals surface area contributed by atoms with Gasteiger partial charge in [-0.1, -0.05) is 0 Å². The number of hydrogen-bond acceptors (Lipinski definition) is 4. The van der Waals surface area contributed by atoms with E-state index in [4.69, 9.17) is 10.2 Å². The van der Waals surface area contributed by atoms with Crippen LogP contribution >= 0.6 is 0 Å². The summed E-state index contributed by atoms with van der Waals surface area (Å²) in [6.07, 6.45) is 1.37. The third-order valence-electron chi connectivity index (χ3n) is 2.22. The van der Waals surface area contributed by atoms with E-state index in [9.17, 15) is 9.59 Å². The van der Waals surface area contributed by atoms with Crippen LogP contribution in [0.5, 0.6) is 0 Å². The monoisotopic (exact) mass is 223 g/mol. The van der Waals surface area contributed by atoms with Gasteiger partial charge in [0.1, 0.15) is 11.3 Å². The molecule has 0 saturated carbocycles. The van der Waals surface area contributed by atoms with E-state index in [2.05, 4.69) is 10.1 Å². The van der Waals surface area contributed by atoms with E-state index in [1.54, 1.807) is 0 Å². The number of rotatable bonds is 3. The largest absolute Gasteiger partial charge is 0.477 e. The lowest BCUT2D eigenvalue weighted by atomic mass is 10.1. The molecule has 0 spiro atoms. The third kappa shape index (κ3) is 1.47. The lowest BCUT2D eigenvalue weighted by Crippen LogP contribution is -2.25. The van der Waals surface area contributed by atoms with Crippen molar-refractivity contribution in [1.82, 2.24) is 14.6 Å². The number of aliphatic hydroxyl groups is 1. The number of aromatic nitrogens is 3. The molecule has 0 fully saturated rings. The maximum absolute atomic E-state index is 11.8. The van der Waals surface area contributed by atoms with Crippen molar-refractivity contribution in [2.45, 2.75) is 6.42 Å². The lowest BCUT2D eigenvalue weighted by molar-refractivity contribution is 0.0689. The average Bonchev–Trinajstić information content (AvgIpc) is 2.70. The fourth-order valence-electron chi connectivity index (χ4n) is 1.52. The Balaban J connectivity index is 2.80. The van der Waals surface area contributed by atoms with E-state index in [-0.39, 0.29) is 24.3 Å². The van der Waals surface area contributed by atoms with Gasteiger partial charge in [-0.15, -0.1) is 0 Å². The van der Waals surface area contributed by atoms with Crippen LogP contribution in [-0.2, 0) is 6.42 Å². The molecule has 0 unspecified atom stereocenters. The van der Waals surface area contributed by atoms with Crippen molar-refractivity contribution in [1.29, 1.82) is 0 Å². The van der Waals surface area contributed by atoms with E-state index >= 15 is 0 Å². The van der Waals surface area contributed by atoms with Gasteiger partial charge in [0.25, 0.3) is 5.56 Å². The van der Waals surface area contributed by atoms with E-state index in [1.807, 2.05) is 0 Å². The van der Waals surface area contributed by atoms with Crippen LogP contribution < -0.4 is 5.56 Å². The number of aromatic amines is 1. The molecule has 2 aromatic rings. The first kappa shape index (κ1) is 10.4. The Hall–Kier alpha value is -2.15. The number of H-pyrrole nitrogens is 1. The zero-order valence-electron chi connectivity index (χ0n) is 8.17. The summed E-state index contributed by atoms with van der Waals surface area (Å²) < 4.78 is 1.07. The Kier molecular flexibility index (Phi) is 2.45. The minimum Gasteiger partial charge on any atom is -0.477 e. The summed E-state index contributed by atoms with van der Waals surface area (Å²) in [6, 6.07) is 1.50. The van der Waals surface area contributed by atoms with Gasteiger partial charge < -0.3 is 15.2 Å². The lowest BCUT2D eigenvalue weighted by Gasteiger charge is -2.04. The van der Waals surface area contributed by atoms with Gasteiger partial charge in [0.15, 0.2) is 0 Å². The average molecular weight is 223 g/mol. The van der Waals surface area contributed by atoms with Crippen molar-refractivity contribution in [3.63, 3.8) is 0 Å². The summed E-state index contributed by atoms with van der Waals surface area (Å²) in [6.45, 7) is -0.296. The normalized spacial score (nSPS) is 10.8. The van der Waals surface area contributed by atoms with Gasteiger partial charge in [0.2, 0.25) is 0 Å². The van der Waals surface area contributed by atoms with Crippen molar-refractivity contribution < 1.29 is 15.0 Å². The molecule has 0 saturated heterocycles. The highest BCUT2D eigenvalue weighted by Crippen LogP contribution is 2.04. The van der Waals surface area contributed by atoms with Crippen molar-refractivity contribution in [2.24, 2.45) is 0 Å². The summed E-state index contributed by atoms with van der Waals surface area (Å²) in [4.78, 5) is 25.3. The van der Waals surface area contributed by atoms with Crippen LogP contribution in [0.1, 0.15) is 16.1 Å². The van der Waals surface area contributed by atoms with Crippen molar-refractivity contribution in [3.05, 3.63) is 33.9 Å². The second kappa shape index (κ2) is 3.78. The highest BCUT2D eigenvalue weighted by molar-refractivity contribution is 5.87. The van der Waals surface area contributed by atoms with Gasteiger partial charge in [-0.3, -0.25) is 4.79 Å². The van der Waals surface area contributed by atoms with Gasteiger partial charge in [-0.05, 0) is 0 Å². The molecule has 2 aromatic heterocycles. The first-order chi connectivity index (χ1) is 7.65. The molecule has 16 heavy (non-hydrogen) atoms. The first-order valence-corrected chi connectivity index (χ1v) is 4.58. The van der Waals surface area contributed by atoms with Crippen molar-refractivity contribution >= 4 is 11.6 Å². The van der Waals surface area contributed by atoms with Crippen LogP contribution in [-0.4, -0.2) is 37.4 Å². The van der Waals surface area contributed by atoms with Crippen molar-refractivity contribution in [2.75, 3.05) is 6.61 Å². The van der Waals surface area contributed by atoms with Crippen LogP contribution in [0, 0.1) is 0 Å². The summed E-state index contributed by atoms with van der Waals surface area (Å²) in [7, 11) is 0. The zero-order valence-corrected chi connectivity index (χ0v) is 8.17. The van der Waals surface area contributed by atoms with Crippen LogP contribution in [0.3, 0.4) is 0 Å². The van der Waals surface area contributed by atoms with Gasteiger partial charge in [-0.25, -0.2) is 4.79 Å². The Labute approximate surface area is 89.0 Å². The van der Waals surface area contributed by atoms with Crippen LogP contribution in [0.4, 0.5) is 0 Å². The molecular weight excluding hydrogens is 214 g/mol. The first-order valence-electron chi connectivity index (χ1n) is 4.58. The van der Waals surface area contributed by atoms with Gasteiger partial charge >= 0.3 is 5.97 Å². The summed E-state index contributed by atoms with van der Waals surface area (Å²) in [5.41, 5.74) is -0.396. The molecule has 3 N–H and O–H groups in total. The van der Waals surface area contributed by atoms with E-state index in [0.717, 1.165) is 4.52 Å². The molecule has 0 bridgehead atoms. The molecule has 2 rings (SSSR count). The molecule has 84 valence electrons. The summed E-state index contributed by atoms with van der Waals surface area (Å²) >= 11 is 0. The predicted octanol–water partition coefficient (Wildman–Crippen LogP) is -0.744. The summed E-state index contributed by atoms with van der Waals surface area (Å²) in [5, 5.41) is 21.5. The molecule has 0 radical (unpaired) electrons. The molecule has 0 aliphatic heterocycles. The Morgan fingerprint density at radius 3 is 2.94 bits per heavy atom. The van der Waals surface area contributed by atoms with E-state index in [1.165, 1.54) is 12.3 Å². The molecule has 0 aliphatic rings. The number of aromatic carboxylic acids is 1. The van der Waals surface area contributed by atoms with E-state index in [0.29, 0.717) is 5.65 Å². The minimum atomic E-state index is -1.23. The molecular formula is C9H9N3O4. The minimum absolute atomic E-state index is 0.0196. The Bertz CT molecular complexity index is 598. The van der Waals surface area contributed by atoms with Gasteiger partial charge in [0.05, 0.1) is 11.8 Å². The van der Waals surface area contributed by atoms with Crippen LogP contribution in [0.15, 0.2) is 17.1 Å². The Morgan fingerprint density at radius 1 is 1.56 bits per heavy atom. The number of aliphatic hydroxyl groups excluding tert-OH is 1. The van der Waals surface area contributed by atoms with Crippen molar-refractivity contribution in [3.8, 4) is 0 Å². The molecule has 0 aromatic carbocycles. The SMILES string of the molecule is O=C(O)c1[nH]c2ccnn2c(=O)c1CCO. The fourth-order valence-corrected chi connectivity index (χ4v) is 1.52. The molecule has 0 amide bonds. The van der Waals surface area contributed by atoms with E-state index < -0.39 is 11.5 Å². The standard InChI is InChI=1S/C9H9N3O4/c13-4-2-5-7(9(15)16)11-6-1-3-10-12(6)8(5)14/h1,3,11,13H,2,4H2,(H,15,16). The predicted molar refractivity (Wildman–Crippen MR) is 53.6 cm³/mol. The highest BCUT2D eigenvalue weighted by atomic mass is 16.4. The highest BCUT2D eigenvalue weighted by Gasteiger charge is 2.16. The van der Waals surface area contributed by atoms with Crippen LogP contribution in [0.25, 0.3) is 5.65 Å². The maximum atomic E-state index is 11.8. The summed E-state index contributed by atoms with van der Waals surface area (Å²) in [5.74, 6) is -1.23. The third-order valence-corrected chi connectivity index (χ3v) is 2.22. The molecule has 0 aliphatic carbocycles. The number of nitrogens with one attached hydrogen (secondary N) is 1. The zero-order chi connectivity index (χ0) is 11.7. The maximum Gasteiger partial charge on any atom is 0.352 e. The number of nitrogens with zero attached hydrogens (tertiary/aromatic N) is 2. The fraction of sp³-hybridized carbons (Fsp3) is 0.222. The molecule has 7 heteroatoms. The molecule has 2 heterocycles. The van der Waals surface area contributed by atoms with Gasteiger partial charge in [0, 0.05) is 19.1 Å². The second-order valence-corrected chi connectivity index (χ2v) is 3.19. The number of carboxylic acid groups (broad SMARTS) is 1.